The van der Waals surface area contributed by atoms with E-state index in [0.29, 0.717) is 21.9 Å². The van der Waals surface area contributed by atoms with Crippen molar-refractivity contribution in [2.75, 3.05) is 0 Å². The van der Waals surface area contributed by atoms with Crippen LogP contribution in [0.15, 0.2) is 78.9 Å². The third kappa shape index (κ3) is 4.93. The highest BCUT2D eigenvalue weighted by Gasteiger charge is 2.10. The Morgan fingerprint density at radius 1 is 0.889 bits per heavy atom. The lowest BCUT2D eigenvalue weighted by atomic mass is 10.1. The molecule has 0 atom stereocenters. The first-order chi connectivity index (χ1) is 13.0. The molecule has 0 aliphatic carbocycles. The molecule has 0 bridgehead atoms. The summed E-state index contributed by atoms with van der Waals surface area (Å²) in [5.41, 5.74) is 2.80. The van der Waals surface area contributed by atoms with Crippen molar-refractivity contribution in [3.8, 4) is 5.75 Å². The molecule has 0 aliphatic rings. The lowest BCUT2D eigenvalue weighted by Gasteiger charge is -2.06. The number of rotatable bonds is 5. The molecule has 3 aromatic carbocycles. The smallest absolute Gasteiger partial charge is 0.343 e. The molecule has 4 heteroatoms. The van der Waals surface area contributed by atoms with Gasteiger partial charge in [0.25, 0.3) is 0 Å². The Balaban J connectivity index is 1.65. The molecule has 0 saturated heterocycles. The minimum atomic E-state index is -0.394. The van der Waals surface area contributed by atoms with E-state index in [1.807, 2.05) is 19.1 Å². The first-order valence-corrected chi connectivity index (χ1v) is 8.76. The van der Waals surface area contributed by atoms with Crippen LogP contribution >= 0.6 is 11.6 Å². The SMILES string of the molecule is Cc1ccccc1C(=O)Oc1ccc(C=CC(=O)c2ccc(Cl)cc2)cc1. The van der Waals surface area contributed by atoms with Crippen molar-refractivity contribution in [2.45, 2.75) is 6.92 Å². The summed E-state index contributed by atoms with van der Waals surface area (Å²) in [4.78, 5) is 24.4. The van der Waals surface area contributed by atoms with Crippen molar-refractivity contribution in [3.05, 3.63) is 106 Å². The van der Waals surface area contributed by atoms with Gasteiger partial charge in [-0.2, -0.15) is 0 Å². The fourth-order valence-corrected chi connectivity index (χ4v) is 2.62. The van der Waals surface area contributed by atoms with Crippen LogP contribution in [0.4, 0.5) is 0 Å². The van der Waals surface area contributed by atoms with Crippen molar-refractivity contribution in [2.24, 2.45) is 0 Å². The van der Waals surface area contributed by atoms with E-state index in [9.17, 15) is 9.59 Å². The molecule has 27 heavy (non-hydrogen) atoms. The van der Waals surface area contributed by atoms with Crippen molar-refractivity contribution in [1.82, 2.24) is 0 Å². The number of hydrogen-bond acceptors (Lipinski definition) is 3. The molecule has 0 aromatic heterocycles. The van der Waals surface area contributed by atoms with E-state index >= 15 is 0 Å². The van der Waals surface area contributed by atoms with Crippen molar-refractivity contribution in [3.63, 3.8) is 0 Å². The van der Waals surface area contributed by atoms with Gasteiger partial charge in [0.15, 0.2) is 5.78 Å². The third-order valence-electron chi connectivity index (χ3n) is 4.01. The number of benzene rings is 3. The van der Waals surface area contributed by atoms with Crippen LogP contribution in [0, 0.1) is 6.92 Å². The maximum absolute atomic E-state index is 12.2. The summed E-state index contributed by atoms with van der Waals surface area (Å²) in [7, 11) is 0. The largest absolute Gasteiger partial charge is 0.423 e. The molecule has 3 rings (SSSR count). The minimum Gasteiger partial charge on any atom is -0.423 e. The number of aryl methyl sites for hydroxylation is 1. The second kappa shape index (κ2) is 8.47. The molecule has 3 nitrogen and oxygen atoms in total. The molecule has 134 valence electrons. The molecule has 0 radical (unpaired) electrons. The Morgan fingerprint density at radius 3 is 2.22 bits per heavy atom. The lowest BCUT2D eigenvalue weighted by Crippen LogP contribution is -2.09. The molecule has 0 N–H and O–H groups in total. The highest BCUT2D eigenvalue weighted by atomic mass is 35.5. The molecule has 0 saturated carbocycles. The number of carbonyl (C=O) groups excluding carboxylic acids is 2. The maximum Gasteiger partial charge on any atom is 0.343 e. The van der Waals surface area contributed by atoms with E-state index in [2.05, 4.69) is 0 Å². The molecule has 0 heterocycles. The summed E-state index contributed by atoms with van der Waals surface area (Å²) in [6.07, 6.45) is 3.21. The number of ether oxygens (including phenoxy) is 1. The number of hydrogen-bond donors (Lipinski definition) is 0. The topological polar surface area (TPSA) is 43.4 Å². The van der Waals surface area contributed by atoms with Gasteiger partial charge in [-0.15, -0.1) is 0 Å². The van der Waals surface area contributed by atoms with Gasteiger partial charge in [0.2, 0.25) is 0 Å². The van der Waals surface area contributed by atoms with E-state index < -0.39 is 5.97 Å². The van der Waals surface area contributed by atoms with Crippen LogP contribution in [0.2, 0.25) is 5.02 Å². The van der Waals surface area contributed by atoms with Crippen LogP contribution in [0.5, 0.6) is 5.75 Å². The molecular formula is C23H17ClO3. The molecule has 0 spiro atoms. The van der Waals surface area contributed by atoms with Gasteiger partial charge in [0.1, 0.15) is 5.75 Å². The van der Waals surface area contributed by atoms with Gasteiger partial charge in [-0.25, -0.2) is 4.79 Å². The Hall–Kier alpha value is -3.17. The van der Waals surface area contributed by atoms with Gasteiger partial charge in [0, 0.05) is 10.6 Å². The Kier molecular flexibility index (Phi) is 5.84. The molecule has 3 aromatic rings. The zero-order valence-electron chi connectivity index (χ0n) is 14.7. The monoisotopic (exact) mass is 376 g/mol. The van der Waals surface area contributed by atoms with E-state index in [1.165, 1.54) is 6.08 Å². The highest BCUT2D eigenvalue weighted by molar-refractivity contribution is 6.30. The van der Waals surface area contributed by atoms with E-state index in [4.69, 9.17) is 16.3 Å². The fourth-order valence-electron chi connectivity index (χ4n) is 2.49. The average Bonchev–Trinajstić information content (AvgIpc) is 2.68. The summed E-state index contributed by atoms with van der Waals surface area (Å²) in [5.74, 6) is -0.0551. The predicted octanol–water partition coefficient (Wildman–Crippen LogP) is 5.76. The standard InChI is InChI=1S/C23H17ClO3/c1-16-4-2-3-5-21(16)23(26)27-20-13-6-17(7-14-20)8-15-22(25)18-9-11-19(24)12-10-18/h2-15H,1H3. The van der Waals surface area contributed by atoms with Crippen LogP contribution in [-0.2, 0) is 0 Å². The fraction of sp³-hybridized carbons (Fsp3) is 0.0435. The number of ketones is 1. The third-order valence-corrected chi connectivity index (χ3v) is 4.26. The normalized spacial score (nSPS) is 10.7. The number of allylic oxidation sites excluding steroid dienone is 1. The number of carbonyl (C=O) groups is 2. The van der Waals surface area contributed by atoms with Gasteiger partial charge in [-0.1, -0.05) is 48.0 Å². The van der Waals surface area contributed by atoms with Crippen LogP contribution < -0.4 is 4.74 Å². The van der Waals surface area contributed by atoms with Crippen LogP contribution in [0.25, 0.3) is 6.08 Å². The van der Waals surface area contributed by atoms with Gasteiger partial charge < -0.3 is 4.74 Å². The lowest BCUT2D eigenvalue weighted by molar-refractivity contribution is 0.0734. The summed E-state index contributed by atoms with van der Waals surface area (Å²) in [5, 5.41) is 0.589. The van der Waals surface area contributed by atoms with Crippen LogP contribution in [0.3, 0.4) is 0 Å². The summed E-state index contributed by atoms with van der Waals surface area (Å²) < 4.78 is 5.40. The Labute approximate surface area is 162 Å². The van der Waals surface area contributed by atoms with E-state index in [0.717, 1.165) is 11.1 Å². The summed E-state index contributed by atoms with van der Waals surface area (Å²) in [6.45, 7) is 1.86. The molecule has 0 fully saturated rings. The summed E-state index contributed by atoms with van der Waals surface area (Å²) in [6, 6.07) is 21.0. The zero-order chi connectivity index (χ0) is 19.2. The highest BCUT2D eigenvalue weighted by Crippen LogP contribution is 2.17. The Bertz CT molecular complexity index is 987. The van der Waals surface area contributed by atoms with Crippen LogP contribution in [-0.4, -0.2) is 11.8 Å². The number of esters is 1. The van der Waals surface area contributed by atoms with Crippen molar-refractivity contribution < 1.29 is 14.3 Å². The molecule has 0 aliphatic heterocycles. The quantitative estimate of drug-likeness (QED) is 0.246. The van der Waals surface area contributed by atoms with Crippen molar-refractivity contribution >= 4 is 29.4 Å². The second-order valence-electron chi connectivity index (χ2n) is 5.98. The maximum atomic E-state index is 12.2. The van der Waals surface area contributed by atoms with Gasteiger partial charge in [-0.3, -0.25) is 4.79 Å². The number of halogens is 1. The predicted molar refractivity (Wildman–Crippen MR) is 107 cm³/mol. The Morgan fingerprint density at radius 2 is 1.56 bits per heavy atom. The minimum absolute atomic E-state index is 0.110. The summed E-state index contributed by atoms with van der Waals surface area (Å²) >= 11 is 5.82. The van der Waals surface area contributed by atoms with E-state index in [1.54, 1.807) is 66.7 Å². The van der Waals surface area contributed by atoms with E-state index in [-0.39, 0.29) is 5.78 Å². The average molecular weight is 377 g/mol. The van der Waals surface area contributed by atoms with Gasteiger partial charge in [-0.05, 0) is 66.6 Å². The van der Waals surface area contributed by atoms with Gasteiger partial charge >= 0.3 is 5.97 Å². The van der Waals surface area contributed by atoms with Crippen molar-refractivity contribution in [1.29, 1.82) is 0 Å². The second-order valence-corrected chi connectivity index (χ2v) is 6.41. The molecule has 0 unspecified atom stereocenters. The first-order valence-electron chi connectivity index (χ1n) is 8.39. The van der Waals surface area contributed by atoms with Gasteiger partial charge in [0.05, 0.1) is 5.56 Å². The molecular weight excluding hydrogens is 360 g/mol. The molecule has 0 amide bonds. The van der Waals surface area contributed by atoms with Crippen LogP contribution in [0.1, 0.15) is 31.8 Å². The first kappa shape index (κ1) is 18.6. The zero-order valence-corrected chi connectivity index (χ0v) is 15.4.